The van der Waals surface area contributed by atoms with E-state index in [1.54, 1.807) is 0 Å². The van der Waals surface area contributed by atoms with Gasteiger partial charge in [0.2, 0.25) is 0 Å². The molecule has 0 radical (unpaired) electrons. The summed E-state index contributed by atoms with van der Waals surface area (Å²) in [4.78, 5) is 0. The Morgan fingerprint density at radius 2 is 1.10 bits per heavy atom. The second kappa shape index (κ2) is 6.76. The topological polar surface area (TPSA) is 13.1 Å². The van der Waals surface area contributed by atoms with E-state index in [2.05, 4.69) is 66.7 Å². The lowest BCUT2D eigenvalue weighted by Crippen LogP contribution is -1.83. The average molecular weight is 405 g/mol. The van der Waals surface area contributed by atoms with Gasteiger partial charge in [-0.05, 0) is 40.3 Å². The van der Waals surface area contributed by atoms with E-state index < -0.39 is 0 Å². The molecule has 0 N–H and O–H groups in total. The first-order valence-electron chi connectivity index (χ1n) is 9.98. The van der Waals surface area contributed by atoms with Crippen molar-refractivity contribution in [2.45, 2.75) is 0 Å². The third-order valence-corrected chi connectivity index (χ3v) is 6.06. The molecule has 0 fully saturated rings. The van der Waals surface area contributed by atoms with Crippen molar-refractivity contribution in [2.24, 2.45) is 0 Å². The molecule has 1 heterocycles. The molecular weight excluding hydrogens is 388 g/mol. The molecule has 5 aromatic carbocycles. The van der Waals surface area contributed by atoms with E-state index in [4.69, 9.17) is 16.0 Å². The minimum atomic E-state index is 0.706. The van der Waals surface area contributed by atoms with E-state index in [9.17, 15) is 0 Å². The Hall–Kier alpha value is -3.55. The molecule has 0 aliphatic carbocycles. The Labute approximate surface area is 179 Å². The first kappa shape index (κ1) is 17.3. The fourth-order valence-corrected chi connectivity index (χ4v) is 4.61. The van der Waals surface area contributed by atoms with Gasteiger partial charge in [0.05, 0.1) is 5.02 Å². The molecule has 1 nitrogen and oxygen atoms in total. The van der Waals surface area contributed by atoms with Crippen LogP contribution < -0.4 is 0 Å². The van der Waals surface area contributed by atoms with Crippen LogP contribution in [0.4, 0.5) is 0 Å². The van der Waals surface area contributed by atoms with E-state index in [0.717, 1.165) is 38.5 Å². The summed E-state index contributed by atoms with van der Waals surface area (Å²) in [5.74, 6) is 0. The summed E-state index contributed by atoms with van der Waals surface area (Å²) in [6, 6.07) is 35.4. The summed E-state index contributed by atoms with van der Waals surface area (Å²) in [6.07, 6.45) is 0. The van der Waals surface area contributed by atoms with Crippen molar-refractivity contribution in [3.63, 3.8) is 0 Å². The standard InChI is InChI=1S/C28H17ClO/c29-25-16-15-20(18-9-3-1-4-10-18)28-26(25)24-17-23(19-11-5-2-6-12-19)21-13-7-8-14-22(21)27(24)30-28/h1-17H. The highest BCUT2D eigenvalue weighted by atomic mass is 35.5. The summed E-state index contributed by atoms with van der Waals surface area (Å²) in [6.45, 7) is 0. The van der Waals surface area contributed by atoms with E-state index in [1.165, 1.54) is 16.5 Å². The largest absolute Gasteiger partial charge is 0.455 e. The summed E-state index contributed by atoms with van der Waals surface area (Å²) in [5, 5.41) is 4.99. The Bertz CT molecular complexity index is 1530. The molecule has 0 aliphatic rings. The van der Waals surface area contributed by atoms with Gasteiger partial charge in [0.15, 0.2) is 0 Å². The van der Waals surface area contributed by atoms with Crippen LogP contribution in [-0.2, 0) is 0 Å². The molecule has 6 aromatic rings. The highest BCUT2D eigenvalue weighted by Crippen LogP contribution is 2.44. The minimum absolute atomic E-state index is 0.706. The van der Waals surface area contributed by atoms with Gasteiger partial charge in [0.1, 0.15) is 11.2 Å². The monoisotopic (exact) mass is 404 g/mol. The number of hydrogen-bond acceptors (Lipinski definition) is 1. The van der Waals surface area contributed by atoms with Gasteiger partial charge in [-0.3, -0.25) is 0 Å². The van der Waals surface area contributed by atoms with Gasteiger partial charge in [0.25, 0.3) is 0 Å². The van der Waals surface area contributed by atoms with Crippen molar-refractivity contribution in [3.8, 4) is 22.3 Å². The molecule has 2 heteroatoms. The third-order valence-electron chi connectivity index (χ3n) is 5.75. The predicted octanol–water partition coefficient (Wildman–Crippen LogP) is 8.73. The molecule has 0 spiro atoms. The molecular formula is C28H17ClO. The van der Waals surface area contributed by atoms with Crippen LogP contribution in [-0.4, -0.2) is 0 Å². The van der Waals surface area contributed by atoms with Crippen molar-refractivity contribution in [2.75, 3.05) is 0 Å². The molecule has 0 saturated carbocycles. The van der Waals surface area contributed by atoms with Crippen molar-refractivity contribution in [3.05, 3.63) is 108 Å². The average Bonchev–Trinajstić information content (AvgIpc) is 3.20. The molecule has 0 atom stereocenters. The Kier molecular flexibility index (Phi) is 3.90. The Balaban J connectivity index is 1.79. The van der Waals surface area contributed by atoms with Crippen LogP contribution in [0.2, 0.25) is 5.02 Å². The van der Waals surface area contributed by atoms with Crippen molar-refractivity contribution in [1.29, 1.82) is 0 Å². The van der Waals surface area contributed by atoms with E-state index >= 15 is 0 Å². The molecule has 0 saturated heterocycles. The summed E-state index contributed by atoms with van der Waals surface area (Å²) in [5.41, 5.74) is 6.25. The molecule has 0 unspecified atom stereocenters. The van der Waals surface area contributed by atoms with Gasteiger partial charge in [-0.1, -0.05) is 96.5 Å². The zero-order chi connectivity index (χ0) is 20.1. The molecule has 1 aromatic heterocycles. The maximum Gasteiger partial charge on any atom is 0.144 e. The molecule has 30 heavy (non-hydrogen) atoms. The van der Waals surface area contributed by atoms with Crippen LogP contribution in [0.25, 0.3) is 55.0 Å². The Morgan fingerprint density at radius 1 is 0.500 bits per heavy atom. The van der Waals surface area contributed by atoms with Crippen molar-refractivity contribution < 1.29 is 4.42 Å². The highest BCUT2D eigenvalue weighted by molar-refractivity contribution is 6.39. The maximum absolute atomic E-state index is 6.73. The van der Waals surface area contributed by atoms with Gasteiger partial charge < -0.3 is 4.42 Å². The van der Waals surface area contributed by atoms with E-state index in [0.29, 0.717) is 5.02 Å². The molecule has 142 valence electrons. The quantitative estimate of drug-likeness (QED) is 0.281. The van der Waals surface area contributed by atoms with E-state index in [-0.39, 0.29) is 0 Å². The van der Waals surface area contributed by atoms with E-state index in [1.807, 2.05) is 36.4 Å². The lowest BCUT2D eigenvalue weighted by atomic mass is 9.95. The number of furan rings is 1. The second-order valence-corrected chi connectivity index (χ2v) is 7.89. The van der Waals surface area contributed by atoms with Gasteiger partial charge in [-0.15, -0.1) is 0 Å². The molecule has 0 bridgehead atoms. The Morgan fingerprint density at radius 3 is 1.80 bits per heavy atom. The molecule has 0 amide bonds. The van der Waals surface area contributed by atoms with Crippen molar-refractivity contribution in [1.82, 2.24) is 0 Å². The smallest absolute Gasteiger partial charge is 0.144 e. The fraction of sp³-hybridized carbons (Fsp3) is 0. The third kappa shape index (κ3) is 2.56. The van der Waals surface area contributed by atoms with Crippen LogP contribution >= 0.6 is 11.6 Å². The summed E-state index contributed by atoms with van der Waals surface area (Å²) >= 11 is 6.73. The van der Waals surface area contributed by atoms with Gasteiger partial charge >= 0.3 is 0 Å². The maximum atomic E-state index is 6.73. The lowest BCUT2D eigenvalue weighted by molar-refractivity contribution is 0.674. The first-order chi connectivity index (χ1) is 14.8. The first-order valence-corrected chi connectivity index (χ1v) is 10.4. The number of fused-ring (bicyclic) bond motifs is 5. The molecule has 0 aliphatic heterocycles. The van der Waals surface area contributed by atoms with Gasteiger partial charge in [-0.25, -0.2) is 0 Å². The minimum Gasteiger partial charge on any atom is -0.455 e. The predicted molar refractivity (Wildman–Crippen MR) is 127 cm³/mol. The number of halogens is 1. The van der Waals surface area contributed by atoms with Crippen LogP contribution in [0.5, 0.6) is 0 Å². The van der Waals surface area contributed by atoms with Gasteiger partial charge in [-0.2, -0.15) is 0 Å². The van der Waals surface area contributed by atoms with Gasteiger partial charge in [0, 0.05) is 21.7 Å². The number of rotatable bonds is 2. The summed E-state index contributed by atoms with van der Waals surface area (Å²) in [7, 11) is 0. The second-order valence-electron chi connectivity index (χ2n) is 7.48. The zero-order valence-corrected chi connectivity index (χ0v) is 16.9. The van der Waals surface area contributed by atoms with Crippen LogP contribution in [0, 0.1) is 0 Å². The summed E-state index contributed by atoms with van der Waals surface area (Å²) < 4.78 is 6.54. The normalized spacial score (nSPS) is 11.5. The lowest BCUT2D eigenvalue weighted by Gasteiger charge is -2.08. The SMILES string of the molecule is Clc1ccc(-c2ccccc2)c2oc3c4ccccc4c(-c4ccccc4)cc3c12. The van der Waals surface area contributed by atoms with Crippen LogP contribution in [0.3, 0.4) is 0 Å². The van der Waals surface area contributed by atoms with Crippen LogP contribution in [0.1, 0.15) is 0 Å². The number of hydrogen-bond donors (Lipinski definition) is 0. The van der Waals surface area contributed by atoms with Crippen LogP contribution in [0.15, 0.2) is 108 Å². The van der Waals surface area contributed by atoms with Crippen molar-refractivity contribution >= 4 is 44.3 Å². The fourth-order valence-electron chi connectivity index (χ4n) is 4.36. The zero-order valence-electron chi connectivity index (χ0n) is 16.1. The number of benzene rings is 5. The highest BCUT2D eigenvalue weighted by Gasteiger charge is 2.19. The molecule has 6 rings (SSSR count).